The van der Waals surface area contributed by atoms with Crippen molar-refractivity contribution >= 4 is 35.0 Å². The van der Waals surface area contributed by atoms with E-state index in [2.05, 4.69) is 10.5 Å². The number of amides is 2. The second-order valence-corrected chi connectivity index (χ2v) is 8.33. The van der Waals surface area contributed by atoms with Crippen LogP contribution in [0.1, 0.15) is 54.3 Å². The first-order chi connectivity index (χ1) is 13.2. The fourth-order valence-electron chi connectivity index (χ4n) is 2.56. The maximum atomic E-state index is 13.0. The minimum Gasteiger partial charge on any atom is -0.359 e. The van der Waals surface area contributed by atoms with Crippen LogP contribution in [0, 0.1) is 11.8 Å². The quantitative estimate of drug-likeness (QED) is 0.666. The first-order valence-corrected chi connectivity index (χ1v) is 9.91. The standard InChI is InChI=1S/C20H25Cl2N3O3/c1-12(2)9-23-19(26)18-8-15(28-24-18)11-25(10-13(3)4)20(27)16-6-5-14(21)7-17(16)22/h5-8,12-13H,9-11H2,1-4H3,(H,23,26). The highest BCUT2D eigenvalue weighted by Gasteiger charge is 2.22. The molecule has 0 aliphatic carbocycles. The molecule has 0 aliphatic heterocycles. The third kappa shape index (κ3) is 6.24. The Bertz CT molecular complexity index is 834. The molecule has 0 saturated carbocycles. The van der Waals surface area contributed by atoms with Gasteiger partial charge in [0, 0.05) is 24.2 Å². The van der Waals surface area contributed by atoms with Crippen LogP contribution in [0.25, 0.3) is 0 Å². The maximum absolute atomic E-state index is 13.0. The molecule has 1 N–H and O–H groups in total. The molecule has 0 fully saturated rings. The van der Waals surface area contributed by atoms with Crippen LogP contribution in [0.2, 0.25) is 10.0 Å². The summed E-state index contributed by atoms with van der Waals surface area (Å²) in [7, 11) is 0. The molecule has 0 bridgehead atoms. The van der Waals surface area contributed by atoms with Crippen molar-refractivity contribution in [2.75, 3.05) is 13.1 Å². The Morgan fingerprint density at radius 1 is 1.14 bits per heavy atom. The molecule has 2 aromatic rings. The molecule has 2 rings (SSSR count). The third-order valence-corrected chi connectivity index (χ3v) is 4.39. The van der Waals surface area contributed by atoms with Crippen molar-refractivity contribution < 1.29 is 14.1 Å². The number of hydrogen-bond acceptors (Lipinski definition) is 4. The number of hydrogen-bond donors (Lipinski definition) is 1. The Labute approximate surface area is 175 Å². The highest BCUT2D eigenvalue weighted by atomic mass is 35.5. The van der Waals surface area contributed by atoms with Gasteiger partial charge in [0.2, 0.25) is 0 Å². The van der Waals surface area contributed by atoms with E-state index in [0.29, 0.717) is 35.4 Å². The normalized spacial score (nSPS) is 11.1. The zero-order chi connectivity index (χ0) is 20.8. The van der Waals surface area contributed by atoms with Crippen LogP contribution in [0.4, 0.5) is 0 Å². The van der Waals surface area contributed by atoms with Gasteiger partial charge in [-0.2, -0.15) is 0 Å². The Kier molecular flexibility index (Phi) is 7.89. The summed E-state index contributed by atoms with van der Waals surface area (Å²) < 4.78 is 5.28. The highest BCUT2D eigenvalue weighted by Crippen LogP contribution is 2.23. The van der Waals surface area contributed by atoms with Crippen molar-refractivity contribution in [3.8, 4) is 0 Å². The SMILES string of the molecule is CC(C)CNC(=O)c1cc(CN(CC(C)C)C(=O)c2ccc(Cl)cc2Cl)on1. The van der Waals surface area contributed by atoms with E-state index in [9.17, 15) is 9.59 Å². The van der Waals surface area contributed by atoms with Crippen LogP contribution in [-0.2, 0) is 6.54 Å². The average Bonchev–Trinajstić information content (AvgIpc) is 3.07. The van der Waals surface area contributed by atoms with Crippen LogP contribution in [0.15, 0.2) is 28.8 Å². The summed E-state index contributed by atoms with van der Waals surface area (Å²) in [6.07, 6.45) is 0. The third-order valence-electron chi connectivity index (χ3n) is 3.84. The zero-order valence-electron chi connectivity index (χ0n) is 16.5. The molecular formula is C20H25Cl2N3O3. The smallest absolute Gasteiger partial charge is 0.273 e. The van der Waals surface area contributed by atoms with Gasteiger partial charge >= 0.3 is 0 Å². The lowest BCUT2D eigenvalue weighted by Gasteiger charge is -2.24. The second kappa shape index (κ2) is 9.94. The highest BCUT2D eigenvalue weighted by molar-refractivity contribution is 6.36. The van der Waals surface area contributed by atoms with E-state index >= 15 is 0 Å². The minimum absolute atomic E-state index is 0.181. The Morgan fingerprint density at radius 3 is 2.46 bits per heavy atom. The second-order valence-electron chi connectivity index (χ2n) is 7.49. The summed E-state index contributed by atoms with van der Waals surface area (Å²) in [4.78, 5) is 26.7. The lowest BCUT2D eigenvalue weighted by Crippen LogP contribution is -2.33. The van der Waals surface area contributed by atoms with Crippen molar-refractivity contribution in [1.82, 2.24) is 15.4 Å². The van der Waals surface area contributed by atoms with Gasteiger partial charge in [0.05, 0.1) is 17.1 Å². The summed E-state index contributed by atoms with van der Waals surface area (Å²) in [5, 5.41) is 7.36. The monoisotopic (exact) mass is 425 g/mol. The van der Waals surface area contributed by atoms with Crippen molar-refractivity contribution in [3.05, 3.63) is 51.3 Å². The van der Waals surface area contributed by atoms with Gasteiger partial charge in [-0.05, 0) is 30.0 Å². The van der Waals surface area contributed by atoms with Crippen molar-refractivity contribution in [2.24, 2.45) is 11.8 Å². The van der Waals surface area contributed by atoms with Crippen LogP contribution in [0.3, 0.4) is 0 Å². The Morgan fingerprint density at radius 2 is 1.86 bits per heavy atom. The summed E-state index contributed by atoms with van der Waals surface area (Å²) >= 11 is 12.1. The number of benzene rings is 1. The van der Waals surface area contributed by atoms with E-state index in [1.807, 2.05) is 27.7 Å². The van der Waals surface area contributed by atoms with Crippen LogP contribution < -0.4 is 5.32 Å². The molecule has 8 heteroatoms. The number of halogens is 2. The molecule has 6 nitrogen and oxygen atoms in total. The number of nitrogens with zero attached hydrogens (tertiary/aromatic N) is 2. The molecule has 0 saturated heterocycles. The van der Waals surface area contributed by atoms with E-state index in [1.54, 1.807) is 23.1 Å². The predicted octanol–water partition coefficient (Wildman–Crippen LogP) is 4.67. The van der Waals surface area contributed by atoms with Gasteiger partial charge in [0.25, 0.3) is 11.8 Å². The zero-order valence-corrected chi connectivity index (χ0v) is 18.0. The largest absolute Gasteiger partial charge is 0.359 e. The van der Waals surface area contributed by atoms with Gasteiger partial charge in [-0.3, -0.25) is 9.59 Å². The summed E-state index contributed by atoms with van der Waals surface area (Å²) in [6.45, 7) is 9.25. The van der Waals surface area contributed by atoms with E-state index in [0.717, 1.165) is 0 Å². The van der Waals surface area contributed by atoms with Crippen molar-refractivity contribution in [3.63, 3.8) is 0 Å². The van der Waals surface area contributed by atoms with Gasteiger partial charge in [-0.1, -0.05) is 56.1 Å². The molecule has 0 unspecified atom stereocenters. The van der Waals surface area contributed by atoms with Crippen LogP contribution >= 0.6 is 23.2 Å². The molecule has 0 aliphatic rings. The van der Waals surface area contributed by atoms with E-state index in [-0.39, 0.29) is 35.0 Å². The van der Waals surface area contributed by atoms with Crippen LogP contribution in [0.5, 0.6) is 0 Å². The molecule has 152 valence electrons. The fourth-order valence-corrected chi connectivity index (χ4v) is 3.05. The maximum Gasteiger partial charge on any atom is 0.273 e. The molecular weight excluding hydrogens is 401 g/mol. The first kappa shape index (κ1) is 22.2. The Hall–Kier alpha value is -2.05. The molecule has 28 heavy (non-hydrogen) atoms. The van der Waals surface area contributed by atoms with Crippen molar-refractivity contribution in [1.29, 1.82) is 0 Å². The first-order valence-electron chi connectivity index (χ1n) is 9.15. The summed E-state index contributed by atoms with van der Waals surface area (Å²) in [6, 6.07) is 6.32. The molecule has 0 radical (unpaired) electrons. The van der Waals surface area contributed by atoms with Crippen molar-refractivity contribution in [2.45, 2.75) is 34.2 Å². The predicted molar refractivity (Wildman–Crippen MR) is 110 cm³/mol. The molecule has 0 atom stereocenters. The average molecular weight is 426 g/mol. The molecule has 0 spiro atoms. The number of aromatic nitrogens is 1. The number of carbonyl (C=O) groups excluding carboxylic acids is 2. The summed E-state index contributed by atoms with van der Waals surface area (Å²) in [5.74, 6) is 0.447. The number of nitrogens with one attached hydrogen (secondary N) is 1. The molecule has 1 aromatic heterocycles. The number of rotatable bonds is 8. The molecule has 1 aromatic carbocycles. The lowest BCUT2D eigenvalue weighted by atomic mass is 10.1. The number of carbonyl (C=O) groups is 2. The molecule has 1 heterocycles. The van der Waals surface area contributed by atoms with E-state index < -0.39 is 0 Å². The lowest BCUT2D eigenvalue weighted by molar-refractivity contribution is 0.0705. The van der Waals surface area contributed by atoms with E-state index in [4.69, 9.17) is 27.7 Å². The minimum atomic E-state index is -0.300. The van der Waals surface area contributed by atoms with Gasteiger partial charge in [-0.25, -0.2) is 0 Å². The fraction of sp³-hybridized carbons (Fsp3) is 0.450. The summed E-state index contributed by atoms with van der Waals surface area (Å²) in [5.41, 5.74) is 0.554. The molecule has 2 amide bonds. The van der Waals surface area contributed by atoms with E-state index in [1.165, 1.54) is 6.07 Å². The van der Waals surface area contributed by atoms with Gasteiger partial charge in [0.15, 0.2) is 11.5 Å². The van der Waals surface area contributed by atoms with Gasteiger partial charge in [-0.15, -0.1) is 0 Å². The topological polar surface area (TPSA) is 75.4 Å². The van der Waals surface area contributed by atoms with Gasteiger partial charge < -0.3 is 14.7 Å². The van der Waals surface area contributed by atoms with Crippen LogP contribution in [-0.4, -0.2) is 35.0 Å². The Balaban J connectivity index is 2.16. The van der Waals surface area contributed by atoms with Gasteiger partial charge in [0.1, 0.15) is 0 Å².